The Balaban J connectivity index is 2.22. The van der Waals surface area contributed by atoms with Crippen molar-refractivity contribution in [2.45, 2.75) is 0 Å². The van der Waals surface area contributed by atoms with Crippen molar-refractivity contribution in [2.24, 2.45) is 0 Å². The predicted molar refractivity (Wildman–Crippen MR) is 71.3 cm³/mol. The van der Waals surface area contributed by atoms with Crippen LogP contribution in [0.1, 0.15) is 10.4 Å². The number of hydrogen-bond acceptors (Lipinski definition) is 3. The van der Waals surface area contributed by atoms with E-state index in [1.807, 2.05) is 6.07 Å². The van der Waals surface area contributed by atoms with E-state index >= 15 is 0 Å². The highest BCUT2D eigenvalue weighted by Gasteiger charge is 2.14. The lowest BCUT2D eigenvalue weighted by molar-refractivity contribution is 0.0699. The normalized spacial score (nSPS) is 10.8. The molecule has 0 aliphatic heterocycles. The summed E-state index contributed by atoms with van der Waals surface area (Å²) in [7, 11) is 0. The minimum Gasteiger partial charge on any atom is -0.478 e. The maximum absolute atomic E-state index is 11.1. The van der Waals surface area contributed by atoms with Gasteiger partial charge in [0.15, 0.2) is 5.65 Å². The fourth-order valence-electron chi connectivity index (χ4n) is 1.86. The Kier molecular flexibility index (Phi) is 2.68. The number of nitrogens with zero attached hydrogens (tertiary/aromatic N) is 2. The monoisotopic (exact) mass is 273 g/mol. The summed E-state index contributed by atoms with van der Waals surface area (Å²) in [5, 5.41) is 9.69. The van der Waals surface area contributed by atoms with E-state index in [4.69, 9.17) is 16.7 Å². The van der Waals surface area contributed by atoms with Crippen molar-refractivity contribution in [1.82, 2.24) is 15.0 Å². The lowest BCUT2D eigenvalue weighted by Gasteiger charge is -1.96. The van der Waals surface area contributed by atoms with Crippen molar-refractivity contribution >= 4 is 28.7 Å². The summed E-state index contributed by atoms with van der Waals surface area (Å²) < 4.78 is 0. The fraction of sp³-hybridized carbons (Fsp3) is 0. The van der Waals surface area contributed by atoms with E-state index < -0.39 is 5.97 Å². The minimum atomic E-state index is -1.03. The van der Waals surface area contributed by atoms with Crippen molar-refractivity contribution in [1.29, 1.82) is 0 Å². The molecule has 0 spiro atoms. The molecule has 2 aromatic heterocycles. The Morgan fingerprint density at radius 1 is 1.32 bits per heavy atom. The van der Waals surface area contributed by atoms with Crippen molar-refractivity contribution in [2.75, 3.05) is 0 Å². The third-order valence-electron chi connectivity index (χ3n) is 2.71. The maximum Gasteiger partial charge on any atom is 0.338 e. The highest BCUT2D eigenvalue weighted by Crippen LogP contribution is 2.23. The summed E-state index contributed by atoms with van der Waals surface area (Å²) in [5.74, 6) is -0.491. The molecule has 2 heterocycles. The molecule has 0 amide bonds. The molecule has 19 heavy (non-hydrogen) atoms. The van der Waals surface area contributed by atoms with Gasteiger partial charge < -0.3 is 10.1 Å². The van der Waals surface area contributed by atoms with Crippen LogP contribution < -0.4 is 0 Å². The van der Waals surface area contributed by atoms with Gasteiger partial charge in [0.1, 0.15) is 11.3 Å². The largest absolute Gasteiger partial charge is 0.478 e. The van der Waals surface area contributed by atoms with Gasteiger partial charge in [-0.05, 0) is 18.2 Å². The lowest BCUT2D eigenvalue weighted by Crippen LogP contribution is -1.97. The maximum atomic E-state index is 11.1. The molecular weight excluding hydrogens is 266 g/mol. The smallest absolute Gasteiger partial charge is 0.338 e. The summed E-state index contributed by atoms with van der Waals surface area (Å²) in [5.41, 5.74) is 1.68. The average Bonchev–Trinajstić information content (AvgIpc) is 2.82. The number of aromatic amines is 1. The fourth-order valence-corrected chi connectivity index (χ4v) is 2.05. The third-order valence-corrected chi connectivity index (χ3v) is 2.95. The average molecular weight is 274 g/mol. The first-order valence-corrected chi connectivity index (χ1v) is 5.87. The number of imidazole rings is 1. The Hall–Kier alpha value is -2.40. The summed E-state index contributed by atoms with van der Waals surface area (Å²) in [6.45, 7) is 0. The topological polar surface area (TPSA) is 78.9 Å². The molecule has 1 aromatic carbocycles. The zero-order chi connectivity index (χ0) is 13.4. The van der Waals surface area contributed by atoms with Crippen molar-refractivity contribution in [3.63, 3.8) is 0 Å². The quantitative estimate of drug-likeness (QED) is 0.752. The predicted octanol–water partition coefficient (Wildman–Crippen LogP) is 2.98. The zero-order valence-electron chi connectivity index (χ0n) is 9.59. The van der Waals surface area contributed by atoms with E-state index in [9.17, 15) is 4.79 Å². The van der Waals surface area contributed by atoms with Gasteiger partial charge >= 0.3 is 5.97 Å². The molecule has 0 bridgehead atoms. The standard InChI is InChI=1S/C13H8ClN3O2/c14-8-3-1-2-7(6-8)11-16-10-9(13(18)19)4-5-15-12(10)17-11/h1-6H,(H,18,19)(H,15,16,17). The summed E-state index contributed by atoms with van der Waals surface area (Å²) >= 11 is 5.92. The van der Waals surface area contributed by atoms with E-state index in [-0.39, 0.29) is 5.56 Å². The molecule has 0 aliphatic rings. The molecule has 5 nitrogen and oxygen atoms in total. The Bertz CT molecular complexity index is 782. The Morgan fingerprint density at radius 2 is 2.16 bits per heavy atom. The van der Waals surface area contributed by atoms with Crippen LogP contribution in [-0.4, -0.2) is 26.0 Å². The van der Waals surface area contributed by atoms with Crippen LogP contribution in [0.4, 0.5) is 0 Å². The number of hydrogen-bond donors (Lipinski definition) is 2. The Morgan fingerprint density at radius 3 is 2.89 bits per heavy atom. The van der Waals surface area contributed by atoms with Crippen LogP contribution in [0.15, 0.2) is 36.5 Å². The van der Waals surface area contributed by atoms with Crippen molar-refractivity contribution < 1.29 is 9.90 Å². The number of carbonyl (C=O) groups is 1. The number of halogens is 1. The van der Waals surface area contributed by atoms with E-state index in [1.165, 1.54) is 12.3 Å². The first kappa shape index (κ1) is 11.7. The molecule has 0 fully saturated rings. The highest BCUT2D eigenvalue weighted by atomic mass is 35.5. The van der Waals surface area contributed by atoms with Gasteiger partial charge in [-0.15, -0.1) is 0 Å². The van der Waals surface area contributed by atoms with Gasteiger partial charge in [0, 0.05) is 16.8 Å². The number of aromatic carboxylic acids is 1. The number of benzene rings is 1. The van der Waals surface area contributed by atoms with Gasteiger partial charge in [-0.3, -0.25) is 0 Å². The number of carboxylic acid groups (broad SMARTS) is 1. The molecule has 0 saturated heterocycles. The van der Waals surface area contributed by atoms with Gasteiger partial charge in [-0.2, -0.15) is 0 Å². The van der Waals surface area contributed by atoms with Crippen LogP contribution in [0.25, 0.3) is 22.6 Å². The second-order valence-corrected chi connectivity index (χ2v) is 4.39. The van der Waals surface area contributed by atoms with Gasteiger partial charge in [0.2, 0.25) is 0 Å². The molecule has 0 saturated carbocycles. The van der Waals surface area contributed by atoms with Crippen LogP contribution in [0.3, 0.4) is 0 Å². The molecule has 0 unspecified atom stereocenters. The van der Waals surface area contributed by atoms with Crippen molar-refractivity contribution in [3.05, 3.63) is 47.1 Å². The van der Waals surface area contributed by atoms with Crippen molar-refractivity contribution in [3.8, 4) is 11.4 Å². The second-order valence-electron chi connectivity index (χ2n) is 3.96. The summed E-state index contributed by atoms with van der Waals surface area (Å²) in [4.78, 5) is 22.5. The zero-order valence-corrected chi connectivity index (χ0v) is 10.3. The molecular formula is C13H8ClN3O2. The lowest BCUT2D eigenvalue weighted by atomic mass is 10.2. The highest BCUT2D eigenvalue weighted by molar-refractivity contribution is 6.30. The van der Waals surface area contributed by atoms with Gasteiger partial charge in [0.25, 0.3) is 0 Å². The number of aromatic nitrogens is 3. The summed E-state index contributed by atoms with van der Waals surface area (Å²) in [6.07, 6.45) is 1.44. The van der Waals surface area contributed by atoms with Crippen LogP contribution in [0.5, 0.6) is 0 Å². The molecule has 0 atom stereocenters. The molecule has 0 aliphatic carbocycles. The first-order chi connectivity index (χ1) is 9.15. The molecule has 6 heteroatoms. The van der Waals surface area contributed by atoms with Crippen LogP contribution in [-0.2, 0) is 0 Å². The number of H-pyrrole nitrogens is 1. The van der Waals surface area contributed by atoms with E-state index in [0.717, 1.165) is 5.56 Å². The summed E-state index contributed by atoms with van der Waals surface area (Å²) in [6, 6.07) is 8.57. The second kappa shape index (κ2) is 4.37. The SMILES string of the molecule is O=C(O)c1ccnc2[nH]c(-c3cccc(Cl)c3)nc12. The van der Waals surface area contributed by atoms with E-state index in [1.54, 1.807) is 18.2 Å². The Labute approximate surface area is 112 Å². The minimum absolute atomic E-state index is 0.120. The first-order valence-electron chi connectivity index (χ1n) is 5.49. The van der Waals surface area contributed by atoms with Crippen LogP contribution in [0, 0.1) is 0 Å². The number of nitrogens with one attached hydrogen (secondary N) is 1. The molecule has 3 rings (SSSR count). The number of rotatable bonds is 2. The van der Waals surface area contributed by atoms with Crippen LogP contribution >= 0.6 is 11.6 Å². The van der Waals surface area contributed by atoms with E-state index in [2.05, 4.69) is 15.0 Å². The molecule has 2 N–H and O–H groups in total. The number of pyridine rings is 1. The van der Waals surface area contributed by atoms with E-state index in [0.29, 0.717) is 22.0 Å². The van der Waals surface area contributed by atoms with Gasteiger partial charge in [-0.25, -0.2) is 14.8 Å². The van der Waals surface area contributed by atoms with Gasteiger partial charge in [0.05, 0.1) is 5.56 Å². The number of carboxylic acids is 1. The number of fused-ring (bicyclic) bond motifs is 1. The molecule has 94 valence electrons. The molecule has 3 aromatic rings. The van der Waals surface area contributed by atoms with Gasteiger partial charge in [-0.1, -0.05) is 23.7 Å². The molecule has 0 radical (unpaired) electrons. The third kappa shape index (κ3) is 2.04. The van der Waals surface area contributed by atoms with Crippen LogP contribution in [0.2, 0.25) is 5.02 Å².